The zero-order valence-corrected chi connectivity index (χ0v) is 13.8. The average molecular weight is 294 g/mol. The number of hydrogen-bond donors (Lipinski definition) is 1. The fraction of sp³-hybridized carbons (Fsp3) is 0.875. The first-order valence-corrected chi connectivity index (χ1v) is 8.34. The van der Waals surface area contributed by atoms with Crippen LogP contribution in [0.15, 0.2) is 6.33 Å². The predicted octanol–water partition coefficient (Wildman–Crippen LogP) is 2.10. The van der Waals surface area contributed by atoms with Crippen molar-refractivity contribution in [1.29, 1.82) is 0 Å². The summed E-state index contributed by atoms with van der Waals surface area (Å²) in [4.78, 5) is 6.84. The van der Waals surface area contributed by atoms with Crippen molar-refractivity contribution in [1.82, 2.24) is 19.7 Å². The van der Waals surface area contributed by atoms with Crippen LogP contribution in [-0.2, 0) is 13.0 Å². The molecule has 1 aromatic rings. The largest absolute Gasteiger partial charge is 0.389 e. The smallest absolute Gasteiger partial charge is 0.138 e. The van der Waals surface area contributed by atoms with Crippen LogP contribution in [-0.4, -0.2) is 50.0 Å². The summed E-state index contributed by atoms with van der Waals surface area (Å²) in [7, 11) is 0. The van der Waals surface area contributed by atoms with Crippen molar-refractivity contribution in [3.8, 4) is 0 Å². The molecule has 1 N–H and O–H groups in total. The molecule has 0 radical (unpaired) electrons. The molecule has 1 saturated heterocycles. The topological polar surface area (TPSA) is 54.2 Å². The van der Waals surface area contributed by atoms with E-state index < -0.39 is 5.60 Å². The minimum atomic E-state index is -0.621. The first-order chi connectivity index (χ1) is 10.0. The van der Waals surface area contributed by atoms with Gasteiger partial charge in [-0.15, -0.1) is 0 Å². The maximum absolute atomic E-state index is 11.0. The Balaban J connectivity index is 1.99. The third-order valence-electron chi connectivity index (χ3n) is 4.27. The van der Waals surface area contributed by atoms with E-state index in [9.17, 15) is 5.11 Å². The van der Waals surface area contributed by atoms with Gasteiger partial charge in [-0.3, -0.25) is 0 Å². The molecule has 120 valence electrons. The molecule has 0 aliphatic carbocycles. The van der Waals surface area contributed by atoms with E-state index in [0.29, 0.717) is 12.3 Å². The van der Waals surface area contributed by atoms with Crippen molar-refractivity contribution in [2.24, 2.45) is 5.92 Å². The molecule has 0 spiro atoms. The van der Waals surface area contributed by atoms with Gasteiger partial charge in [0, 0.05) is 19.5 Å². The van der Waals surface area contributed by atoms with Gasteiger partial charge in [-0.05, 0) is 44.7 Å². The highest BCUT2D eigenvalue weighted by molar-refractivity contribution is 4.96. The minimum absolute atomic E-state index is 0.536. The molecule has 1 aliphatic rings. The number of likely N-dealkylation sites (tertiary alicyclic amines) is 1. The average Bonchev–Trinajstić information content (AvgIpc) is 2.73. The molecule has 1 aromatic heterocycles. The third kappa shape index (κ3) is 4.78. The van der Waals surface area contributed by atoms with Crippen molar-refractivity contribution < 1.29 is 5.11 Å². The van der Waals surface area contributed by atoms with E-state index in [2.05, 4.69) is 35.8 Å². The van der Waals surface area contributed by atoms with Gasteiger partial charge < -0.3 is 10.0 Å². The summed E-state index contributed by atoms with van der Waals surface area (Å²) in [6.07, 6.45) is 6.18. The highest BCUT2D eigenvalue weighted by Crippen LogP contribution is 2.26. The first-order valence-electron chi connectivity index (χ1n) is 8.34. The molecule has 2 heterocycles. The summed E-state index contributed by atoms with van der Waals surface area (Å²) >= 11 is 0. The number of nitrogens with zero attached hydrogens (tertiary/aromatic N) is 4. The summed E-state index contributed by atoms with van der Waals surface area (Å²) in [6, 6.07) is 0. The molecular weight excluding hydrogens is 264 g/mol. The number of aliphatic hydroxyl groups is 1. The standard InChI is InChI=1S/C16H30N4O/c1-4-8-19-9-5-6-16(21,7-10-19)11-15-17-13-18-20(15)12-14(2)3/h13-14,21H,4-12H2,1-3H3. The fourth-order valence-electron chi connectivity index (χ4n) is 3.17. The zero-order chi connectivity index (χ0) is 15.3. The number of hydrogen-bond acceptors (Lipinski definition) is 4. The lowest BCUT2D eigenvalue weighted by Gasteiger charge is -2.26. The Bertz CT molecular complexity index is 432. The molecule has 2 rings (SSSR count). The second kappa shape index (κ2) is 7.36. The van der Waals surface area contributed by atoms with E-state index in [4.69, 9.17) is 0 Å². The Kier molecular flexibility index (Phi) is 5.76. The Morgan fingerprint density at radius 1 is 1.33 bits per heavy atom. The van der Waals surface area contributed by atoms with E-state index in [0.717, 1.165) is 51.3 Å². The summed E-state index contributed by atoms with van der Waals surface area (Å²) in [5.74, 6) is 1.46. The SMILES string of the molecule is CCCN1CCCC(O)(Cc2ncnn2CC(C)C)CC1. The Labute approximate surface area is 128 Å². The molecule has 1 atom stereocenters. The van der Waals surface area contributed by atoms with Gasteiger partial charge in [0.2, 0.25) is 0 Å². The Hall–Kier alpha value is -0.940. The number of aromatic nitrogens is 3. The van der Waals surface area contributed by atoms with Gasteiger partial charge in [0.15, 0.2) is 0 Å². The van der Waals surface area contributed by atoms with Crippen LogP contribution in [0.2, 0.25) is 0 Å². The van der Waals surface area contributed by atoms with Crippen molar-refractivity contribution in [2.75, 3.05) is 19.6 Å². The van der Waals surface area contributed by atoms with E-state index in [1.165, 1.54) is 6.42 Å². The monoisotopic (exact) mass is 294 g/mol. The molecule has 0 aromatic carbocycles. The predicted molar refractivity (Wildman–Crippen MR) is 84.1 cm³/mol. The summed E-state index contributed by atoms with van der Waals surface area (Å²) in [6.45, 7) is 10.7. The lowest BCUT2D eigenvalue weighted by molar-refractivity contribution is 0.0227. The quantitative estimate of drug-likeness (QED) is 0.873. The summed E-state index contributed by atoms with van der Waals surface area (Å²) in [5, 5.41) is 15.3. The molecule has 5 heteroatoms. The van der Waals surface area contributed by atoms with Crippen LogP contribution in [0, 0.1) is 5.92 Å². The molecule has 21 heavy (non-hydrogen) atoms. The molecular formula is C16H30N4O. The first kappa shape index (κ1) is 16.4. The van der Waals surface area contributed by atoms with Crippen molar-refractivity contribution in [2.45, 2.75) is 65.0 Å². The molecule has 1 unspecified atom stereocenters. The van der Waals surface area contributed by atoms with Gasteiger partial charge >= 0.3 is 0 Å². The lowest BCUT2D eigenvalue weighted by atomic mass is 9.91. The van der Waals surface area contributed by atoms with Crippen molar-refractivity contribution in [3.63, 3.8) is 0 Å². The van der Waals surface area contributed by atoms with E-state index in [-0.39, 0.29) is 0 Å². The van der Waals surface area contributed by atoms with Crippen LogP contribution in [0.4, 0.5) is 0 Å². The summed E-state index contributed by atoms with van der Waals surface area (Å²) in [5.41, 5.74) is -0.621. The lowest BCUT2D eigenvalue weighted by Crippen LogP contribution is -2.35. The zero-order valence-electron chi connectivity index (χ0n) is 13.8. The highest BCUT2D eigenvalue weighted by atomic mass is 16.3. The Morgan fingerprint density at radius 3 is 2.86 bits per heavy atom. The van der Waals surface area contributed by atoms with Gasteiger partial charge in [-0.1, -0.05) is 20.8 Å². The highest BCUT2D eigenvalue weighted by Gasteiger charge is 2.31. The maximum Gasteiger partial charge on any atom is 0.138 e. The van der Waals surface area contributed by atoms with E-state index >= 15 is 0 Å². The fourth-order valence-corrected chi connectivity index (χ4v) is 3.17. The van der Waals surface area contributed by atoms with Gasteiger partial charge in [-0.2, -0.15) is 5.10 Å². The normalized spacial score (nSPS) is 24.4. The van der Waals surface area contributed by atoms with Gasteiger partial charge in [0.05, 0.1) is 5.60 Å². The maximum atomic E-state index is 11.0. The molecule has 1 fully saturated rings. The Morgan fingerprint density at radius 2 is 2.14 bits per heavy atom. The third-order valence-corrected chi connectivity index (χ3v) is 4.27. The van der Waals surface area contributed by atoms with Crippen LogP contribution in [0.25, 0.3) is 0 Å². The van der Waals surface area contributed by atoms with Gasteiger partial charge in [0.25, 0.3) is 0 Å². The second-order valence-corrected chi connectivity index (χ2v) is 6.85. The van der Waals surface area contributed by atoms with Crippen LogP contribution in [0.5, 0.6) is 0 Å². The number of rotatable bonds is 6. The van der Waals surface area contributed by atoms with Crippen LogP contribution in [0.3, 0.4) is 0 Å². The molecule has 0 bridgehead atoms. The molecule has 0 saturated carbocycles. The molecule has 5 nitrogen and oxygen atoms in total. The summed E-state index contributed by atoms with van der Waals surface area (Å²) < 4.78 is 1.96. The van der Waals surface area contributed by atoms with Crippen molar-refractivity contribution >= 4 is 0 Å². The van der Waals surface area contributed by atoms with Crippen LogP contribution < -0.4 is 0 Å². The van der Waals surface area contributed by atoms with Gasteiger partial charge in [0.1, 0.15) is 12.2 Å². The van der Waals surface area contributed by atoms with Crippen LogP contribution in [0.1, 0.15) is 52.3 Å². The molecule has 0 amide bonds. The van der Waals surface area contributed by atoms with E-state index in [1.54, 1.807) is 6.33 Å². The van der Waals surface area contributed by atoms with Crippen molar-refractivity contribution in [3.05, 3.63) is 12.2 Å². The molecule has 1 aliphatic heterocycles. The minimum Gasteiger partial charge on any atom is -0.389 e. The van der Waals surface area contributed by atoms with E-state index in [1.807, 2.05) is 4.68 Å². The van der Waals surface area contributed by atoms with Gasteiger partial charge in [-0.25, -0.2) is 9.67 Å². The second-order valence-electron chi connectivity index (χ2n) is 6.85. The van der Waals surface area contributed by atoms with Crippen LogP contribution >= 0.6 is 0 Å².